The van der Waals surface area contributed by atoms with Crippen molar-refractivity contribution >= 4 is 0 Å². The molecular weight excluding hydrogens is 217 g/mol. The Kier molecular flexibility index (Phi) is 3.67. The summed E-state index contributed by atoms with van der Waals surface area (Å²) >= 11 is 0. The number of aromatic hydroxyl groups is 1. The van der Waals surface area contributed by atoms with Crippen molar-refractivity contribution in [1.29, 1.82) is 0 Å². The zero-order chi connectivity index (χ0) is 12.3. The van der Waals surface area contributed by atoms with Crippen LogP contribution in [-0.4, -0.2) is 17.7 Å². The Morgan fingerprint density at radius 2 is 2.06 bits per heavy atom. The molecule has 2 N–H and O–H groups in total. The van der Waals surface area contributed by atoms with Gasteiger partial charge in [0.25, 0.3) is 0 Å². The van der Waals surface area contributed by atoms with Gasteiger partial charge >= 0.3 is 0 Å². The van der Waals surface area contributed by atoms with Crippen LogP contribution in [0.3, 0.4) is 0 Å². The molecule has 1 heterocycles. The molecule has 1 fully saturated rings. The quantitative estimate of drug-likeness (QED) is 0.846. The van der Waals surface area contributed by atoms with Gasteiger partial charge in [-0.05, 0) is 44.0 Å². The number of phenols is 1. The van der Waals surface area contributed by atoms with Crippen LogP contribution in [0.1, 0.15) is 38.2 Å². The number of nitrogens with one attached hydrogen (secondary N) is 1. The Morgan fingerprint density at radius 3 is 2.65 bits per heavy atom. The molecule has 2 rings (SSSR count). The third kappa shape index (κ3) is 3.19. The van der Waals surface area contributed by atoms with E-state index >= 15 is 0 Å². The number of hydrogen-bond donors (Lipinski definition) is 2. The van der Waals surface area contributed by atoms with Crippen LogP contribution < -0.4 is 5.32 Å². The van der Waals surface area contributed by atoms with Crippen molar-refractivity contribution in [2.45, 2.75) is 44.3 Å². The number of alkyl halides is 1. The van der Waals surface area contributed by atoms with Crippen LogP contribution in [0.15, 0.2) is 24.3 Å². The van der Waals surface area contributed by atoms with Crippen LogP contribution in [0, 0.1) is 0 Å². The molecule has 1 aliphatic heterocycles. The van der Waals surface area contributed by atoms with Crippen LogP contribution >= 0.6 is 0 Å². The molecule has 1 aromatic carbocycles. The smallest absolute Gasteiger partial charge is 0.134 e. The number of hydrogen-bond acceptors (Lipinski definition) is 2. The first kappa shape index (κ1) is 12.4. The Hall–Kier alpha value is -1.09. The normalized spacial score (nSPS) is 24.2. The maximum Gasteiger partial charge on any atom is 0.134 e. The average Bonchev–Trinajstić information content (AvgIpc) is 2.30. The van der Waals surface area contributed by atoms with Crippen molar-refractivity contribution in [1.82, 2.24) is 5.32 Å². The number of phenolic OH excluding ortho intramolecular Hbond substituents is 1. The van der Waals surface area contributed by atoms with Crippen molar-refractivity contribution in [3.63, 3.8) is 0 Å². The molecule has 0 saturated carbocycles. The first-order chi connectivity index (χ1) is 8.08. The second-order valence-corrected chi connectivity index (χ2v) is 5.10. The standard InChI is InChI=1S/C14H20FNO/c1-14(15,10-12-4-2-3-9-16-12)11-5-7-13(17)8-6-11/h5-8,12,16-17H,2-4,9-10H2,1H3. The largest absolute Gasteiger partial charge is 0.508 e. The lowest BCUT2D eigenvalue weighted by Gasteiger charge is -2.30. The second kappa shape index (κ2) is 5.05. The minimum atomic E-state index is -1.33. The summed E-state index contributed by atoms with van der Waals surface area (Å²) in [5.41, 5.74) is -0.689. The lowest BCUT2D eigenvalue weighted by molar-refractivity contribution is 0.146. The Labute approximate surface area is 102 Å². The molecule has 0 bridgehead atoms. The fourth-order valence-corrected chi connectivity index (χ4v) is 2.49. The summed E-state index contributed by atoms with van der Waals surface area (Å²) in [7, 11) is 0. The molecule has 17 heavy (non-hydrogen) atoms. The van der Waals surface area contributed by atoms with E-state index in [-0.39, 0.29) is 11.8 Å². The molecule has 0 aliphatic carbocycles. The molecule has 2 nitrogen and oxygen atoms in total. The predicted octanol–water partition coefficient (Wildman–Crippen LogP) is 3.11. The van der Waals surface area contributed by atoms with Crippen LogP contribution in [0.5, 0.6) is 5.75 Å². The summed E-state index contributed by atoms with van der Waals surface area (Å²) in [4.78, 5) is 0. The summed E-state index contributed by atoms with van der Waals surface area (Å²) in [5, 5.41) is 12.6. The van der Waals surface area contributed by atoms with Gasteiger partial charge in [0.2, 0.25) is 0 Å². The van der Waals surface area contributed by atoms with Crippen molar-refractivity contribution < 1.29 is 9.50 Å². The van der Waals surface area contributed by atoms with Crippen LogP contribution in [0.2, 0.25) is 0 Å². The highest BCUT2D eigenvalue weighted by Gasteiger charge is 2.30. The minimum Gasteiger partial charge on any atom is -0.508 e. The highest BCUT2D eigenvalue weighted by Crippen LogP contribution is 2.33. The van der Waals surface area contributed by atoms with Crippen LogP contribution in [0.25, 0.3) is 0 Å². The number of rotatable bonds is 3. The summed E-state index contributed by atoms with van der Waals surface area (Å²) in [6, 6.07) is 6.69. The maximum absolute atomic E-state index is 14.6. The zero-order valence-corrected chi connectivity index (χ0v) is 10.2. The molecule has 2 atom stereocenters. The Balaban J connectivity index is 2.04. The van der Waals surface area contributed by atoms with Gasteiger partial charge in [-0.15, -0.1) is 0 Å². The first-order valence-electron chi connectivity index (χ1n) is 6.30. The van der Waals surface area contributed by atoms with Crippen molar-refractivity contribution in [2.75, 3.05) is 6.54 Å². The van der Waals surface area contributed by atoms with Gasteiger partial charge in [-0.1, -0.05) is 18.6 Å². The van der Waals surface area contributed by atoms with E-state index in [0.717, 1.165) is 13.0 Å². The van der Waals surface area contributed by atoms with E-state index in [4.69, 9.17) is 0 Å². The van der Waals surface area contributed by atoms with Crippen molar-refractivity contribution in [3.8, 4) is 5.75 Å². The summed E-state index contributed by atoms with van der Waals surface area (Å²) in [6.07, 6.45) is 3.93. The number of benzene rings is 1. The molecule has 0 spiro atoms. The van der Waals surface area contributed by atoms with E-state index < -0.39 is 5.67 Å². The van der Waals surface area contributed by atoms with E-state index in [1.807, 2.05) is 0 Å². The average molecular weight is 237 g/mol. The summed E-state index contributed by atoms with van der Waals surface area (Å²) in [6.45, 7) is 2.62. The highest BCUT2D eigenvalue weighted by atomic mass is 19.1. The second-order valence-electron chi connectivity index (χ2n) is 5.10. The van der Waals surface area contributed by atoms with Gasteiger partial charge in [-0.3, -0.25) is 0 Å². The Bertz CT molecular complexity index is 355. The van der Waals surface area contributed by atoms with Crippen LogP contribution in [-0.2, 0) is 5.67 Å². The molecule has 2 unspecified atom stereocenters. The van der Waals surface area contributed by atoms with Gasteiger partial charge in [-0.2, -0.15) is 0 Å². The molecule has 1 saturated heterocycles. The van der Waals surface area contributed by atoms with E-state index in [0.29, 0.717) is 12.0 Å². The molecule has 1 aliphatic rings. The zero-order valence-electron chi connectivity index (χ0n) is 10.2. The van der Waals surface area contributed by atoms with Gasteiger partial charge < -0.3 is 10.4 Å². The first-order valence-corrected chi connectivity index (χ1v) is 6.30. The monoisotopic (exact) mass is 237 g/mol. The fourth-order valence-electron chi connectivity index (χ4n) is 2.49. The van der Waals surface area contributed by atoms with Crippen molar-refractivity contribution in [3.05, 3.63) is 29.8 Å². The predicted molar refractivity (Wildman–Crippen MR) is 66.8 cm³/mol. The van der Waals surface area contributed by atoms with E-state index in [1.54, 1.807) is 31.2 Å². The molecule has 0 aromatic heterocycles. The van der Waals surface area contributed by atoms with Crippen LogP contribution in [0.4, 0.5) is 4.39 Å². The summed E-state index contributed by atoms with van der Waals surface area (Å²) < 4.78 is 14.6. The topological polar surface area (TPSA) is 32.3 Å². The van der Waals surface area contributed by atoms with Gasteiger partial charge in [0.05, 0.1) is 0 Å². The molecular formula is C14H20FNO. The number of piperidine rings is 1. The van der Waals surface area contributed by atoms with E-state index in [1.165, 1.54) is 12.8 Å². The highest BCUT2D eigenvalue weighted by molar-refractivity contribution is 5.29. The van der Waals surface area contributed by atoms with Gasteiger partial charge in [0.1, 0.15) is 11.4 Å². The van der Waals surface area contributed by atoms with Gasteiger partial charge in [-0.25, -0.2) is 4.39 Å². The van der Waals surface area contributed by atoms with Gasteiger partial charge in [0.15, 0.2) is 0 Å². The molecule has 3 heteroatoms. The van der Waals surface area contributed by atoms with Gasteiger partial charge in [0, 0.05) is 12.5 Å². The third-order valence-electron chi connectivity index (χ3n) is 3.51. The molecule has 0 radical (unpaired) electrons. The molecule has 0 amide bonds. The lowest BCUT2D eigenvalue weighted by Crippen LogP contribution is -2.38. The fraction of sp³-hybridized carbons (Fsp3) is 0.571. The maximum atomic E-state index is 14.6. The van der Waals surface area contributed by atoms with E-state index in [9.17, 15) is 9.50 Å². The number of halogens is 1. The molecule has 1 aromatic rings. The Morgan fingerprint density at radius 1 is 1.35 bits per heavy atom. The molecule has 94 valence electrons. The summed E-state index contributed by atoms with van der Waals surface area (Å²) in [5.74, 6) is 0.181. The van der Waals surface area contributed by atoms with E-state index in [2.05, 4.69) is 5.32 Å². The van der Waals surface area contributed by atoms with Crippen molar-refractivity contribution in [2.24, 2.45) is 0 Å². The minimum absolute atomic E-state index is 0.181. The SMILES string of the molecule is CC(F)(CC1CCCCN1)c1ccc(O)cc1. The third-order valence-corrected chi connectivity index (χ3v) is 3.51. The lowest BCUT2D eigenvalue weighted by atomic mass is 9.88.